The Morgan fingerprint density at radius 3 is 2.38 bits per heavy atom. The van der Waals surface area contributed by atoms with Crippen molar-refractivity contribution in [2.24, 2.45) is 23.7 Å². The normalized spacial score (nSPS) is 44.5. The van der Waals surface area contributed by atoms with Crippen molar-refractivity contribution in [2.45, 2.75) is 45.1 Å². The van der Waals surface area contributed by atoms with Crippen molar-refractivity contribution in [1.29, 1.82) is 0 Å². The molecule has 3 saturated carbocycles. The Morgan fingerprint density at radius 2 is 1.85 bits per heavy atom. The molecule has 3 aliphatic carbocycles. The van der Waals surface area contributed by atoms with Crippen LogP contribution in [0.1, 0.15) is 39.0 Å². The summed E-state index contributed by atoms with van der Waals surface area (Å²) in [5, 5.41) is 3.74. The van der Waals surface area contributed by atoms with Crippen LogP contribution in [0.15, 0.2) is 0 Å². The third kappa shape index (κ3) is 1.32. The number of hydrogen-bond donors (Lipinski definition) is 1. The van der Waals surface area contributed by atoms with Crippen LogP contribution < -0.4 is 5.32 Å². The summed E-state index contributed by atoms with van der Waals surface area (Å²) in [6, 6.07) is 0.917. The maximum atomic E-state index is 3.74. The Morgan fingerprint density at radius 1 is 1.15 bits per heavy atom. The van der Waals surface area contributed by atoms with Gasteiger partial charge in [-0.1, -0.05) is 13.3 Å². The molecule has 0 bridgehead atoms. The summed E-state index contributed by atoms with van der Waals surface area (Å²) in [4.78, 5) is 0. The average Bonchev–Trinajstić information content (AvgIpc) is 3.04. The molecule has 3 fully saturated rings. The van der Waals surface area contributed by atoms with E-state index in [-0.39, 0.29) is 0 Å². The van der Waals surface area contributed by atoms with Crippen molar-refractivity contribution < 1.29 is 0 Å². The Labute approximate surface area is 81.3 Å². The molecule has 0 heterocycles. The van der Waals surface area contributed by atoms with Crippen LogP contribution in [-0.2, 0) is 0 Å². The third-order valence-corrected chi connectivity index (χ3v) is 4.46. The van der Waals surface area contributed by atoms with Crippen LogP contribution in [0.4, 0.5) is 0 Å². The summed E-state index contributed by atoms with van der Waals surface area (Å²) < 4.78 is 0. The summed E-state index contributed by atoms with van der Waals surface area (Å²) in [6.07, 6.45) is 7.63. The highest BCUT2D eigenvalue weighted by molar-refractivity contribution is 5.09. The fourth-order valence-electron chi connectivity index (χ4n) is 3.72. The minimum atomic E-state index is 0.917. The fraction of sp³-hybridized carbons (Fsp3) is 1.00. The molecule has 13 heavy (non-hydrogen) atoms. The predicted molar refractivity (Wildman–Crippen MR) is 54.5 cm³/mol. The van der Waals surface area contributed by atoms with E-state index in [1.165, 1.54) is 25.8 Å². The van der Waals surface area contributed by atoms with Gasteiger partial charge in [-0.25, -0.2) is 0 Å². The van der Waals surface area contributed by atoms with Gasteiger partial charge in [0.15, 0.2) is 0 Å². The first kappa shape index (κ1) is 8.28. The molecule has 0 radical (unpaired) electrons. The van der Waals surface area contributed by atoms with Gasteiger partial charge in [-0.05, 0) is 55.9 Å². The first-order valence-corrected chi connectivity index (χ1v) is 6.15. The van der Waals surface area contributed by atoms with Crippen LogP contribution in [0.3, 0.4) is 0 Å². The largest absolute Gasteiger partial charge is 0.314 e. The maximum Gasteiger partial charge on any atom is 0.0129 e. The molecular weight excluding hydrogens is 158 g/mol. The first-order valence-electron chi connectivity index (χ1n) is 6.15. The average molecular weight is 179 g/mol. The zero-order valence-electron chi connectivity index (χ0n) is 8.63. The van der Waals surface area contributed by atoms with E-state index in [1.54, 1.807) is 12.8 Å². The van der Waals surface area contributed by atoms with Gasteiger partial charge in [0.25, 0.3) is 0 Å². The molecule has 0 aromatic heterocycles. The van der Waals surface area contributed by atoms with Crippen LogP contribution >= 0.6 is 0 Å². The van der Waals surface area contributed by atoms with Crippen molar-refractivity contribution in [1.82, 2.24) is 5.32 Å². The number of nitrogens with one attached hydrogen (secondary N) is 1. The van der Waals surface area contributed by atoms with Crippen molar-refractivity contribution in [2.75, 3.05) is 6.54 Å². The molecule has 0 aromatic rings. The van der Waals surface area contributed by atoms with E-state index in [0.717, 1.165) is 29.7 Å². The summed E-state index contributed by atoms with van der Waals surface area (Å²) in [6.45, 7) is 3.44. The van der Waals surface area contributed by atoms with E-state index in [4.69, 9.17) is 0 Å². The van der Waals surface area contributed by atoms with Gasteiger partial charge in [0.1, 0.15) is 0 Å². The minimum Gasteiger partial charge on any atom is -0.314 e. The van der Waals surface area contributed by atoms with Crippen molar-refractivity contribution >= 4 is 0 Å². The highest BCUT2D eigenvalue weighted by atomic mass is 15.0. The lowest BCUT2D eigenvalue weighted by Crippen LogP contribution is -2.34. The lowest BCUT2D eigenvalue weighted by Gasteiger charge is -2.19. The summed E-state index contributed by atoms with van der Waals surface area (Å²) in [5.74, 6) is 4.45. The topological polar surface area (TPSA) is 12.0 Å². The molecule has 0 aliphatic heterocycles. The van der Waals surface area contributed by atoms with Crippen molar-refractivity contribution in [3.63, 3.8) is 0 Å². The number of fused-ring (bicyclic) bond motifs is 1. The predicted octanol–water partition coefficient (Wildman–Crippen LogP) is 2.42. The molecule has 1 N–H and O–H groups in total. The molecule has 3 aliphatic rings. The van der Waals surface area contributed by atoms with E-state index < -0.39 is 0 Å². The third-order valence-electron chi connectivity index (χ3n) is 4.46. The van der Waals surface area contributed by atoms with E-state index >= 15 is 0 Å². The monoisotopic (exact) mass is 179 g/mol. The van der Waals surface area contributed by atoms with E-state index in [0.29, 0.717) is 0 Å². The minimum absolute atomic E-state index is 0.917. The van der Waals surface area contributed by atoms with Crippen molar-refractivity contribution in [3.05, 3.63) is 0 Å². The Kier molecular flexibility index (Phi) is 1.90. The van der Waals surface area contributed by atoms with Gasteiger partial charge in [-0.2, -0.15) is 0 Å². The lowest BCUT2D eigenvalue weighted by molar-refractivity contribution is 0.376. The van der Waals surface area contributed by atoms with Crippen LogP contribution in [0.25, 0.3) is 0 Å². The van der Waals surface area contributed by atoms with Crippen LogP contribution in [0, 0.1) is 23.7 Å². The summed E-state index contributed by atoms with van der Waals surface area (Å²) >= 11 is 0. The van der Waals surface area contributed by atoms with Gasteiger partial charge in [0, 0.05) is 6.04 Å². The smallest absolute Gasteiger partial charge is 0.0129 e. The number of hydrogen-bond acceptors (Lipinski definition) is 1. The van der Waals surface area contributed by atoms with Gasteiger partial charge in [-0.3, -0.25) is 0 Å². The SMILES string of the molecule is CCNC(C1CC1)C1C2CCCC21. The second-order valence-electron chi connectivity index (χ2n) is 5.26. The van der Waals surface area contributed by atoms with Gasteiger partial charge >= 0.3 is 0 Å². The molecule has 0 saturated heterocycles. The molecule has 1 nitrogen and oxygen atoms in total. The molecule has 0 amide bonds. The molecule has 3 atom stereocenters. The Bertz CT molecular complexity index is 187. The molecule has 0 spiro atoms. The molecule has 3 rings (SSSR count). The second-order valence-corrected chi connectivity index (χ2v) is 5.26. The second kappa shape index (κ2) is 2.98. The first-order chi connectivity index (χ1) is 6.42. The highest BCUT2D eigenvalue weighted by Crippen LogP contribution is 2.61. The van der Waals surface area contributed by atoms with Crippen LogP contribution in [0.5, 0.6) is 0 Å². The van der Waals surface area contributed by atoms with E-state index in [1.807, 2.05) is 0 Å². The quantitative estimate of drug-likeness (QED) is 0.699. The maximum absolute atomic E-state index is 3.74. The Hall–Kier alpha value is -0.0400. The standard InChI is InChI=1S/C12H21N/c1-2-13-12(8-6-7-8)11-9-4-3-5-10(9)11/h8-13H,2-7H2,1H3. The molecular formula is C12H21N. The zero-order valence-corrected chi connectivity index (χ0v) is 8.63. The van der Waals surface area contributed by atoms with Crippen molar-refractivity contribution in [3.8, 4) is 0 Å². The van der Waals surface area contributed by atoms with Gasteiger partial charge < -0.3 is 5.32 Å². The van der Waals surface area contributed by atoms with E-state index in [2.05, 4.69) is 12.2 Å². The van der Waals surface area contributed by atoms with E-state index in [9.17, 15) is 0 Å². The fourth-order valence-corrected chi connectivity index (χ4v) is 3.72. The zero-order chi connectivity index (χ0) is 8.84. The molecule has 1 heteroatoms. The van der Waals surface area contributed by atoms with Gasteiger partial charge in [0.05, 0.1) is 0 Å². The molecule has 0 aromatic carbocycles. The molecule has 74 valence electrons. The Balaban J connectivity index is 1.62. The number of rotatable bonds is 4. The van der Waals surface area contributed by atoms with Crippen LogP contribution in [-0.4, -0.2) is 12.6 Å². The lowest BCUT2D eigenvalue weighted by atomic mass is 10.00. The summed E-state index contributed by atoms with van der Waals surface area (Å²) in [7, 11) is 0. The van der Waals surface area contributed by atoms with Gasteiger partial charge in [-0.15, -0.1) is 0 Å². The molecule has 3 unspecified atom stereocenters. The highest BCUT2D eigenvalue weighted by Gasteiger charge is 2.58. The van der Waals surface area contributed by atoms with Crippen LogP contribution in [0.2, 0.25) is 0 Å². The summed E-state index contributed by atoms with van der Waals surface area (Å²) in [5.41, 5.74) is 0. The van der Waals surface area contributed by atoms with Gasteiger partial charge in [0.2, 0.25) is 0 Å².